The predicted molar refractivity (Wildman–Crippen MR) is 69.5 cm³/mol. The van der Waals surface area contributed by atoms with Crippen LogP contribution < -0.4 is 16.4 Å². The Morgan fingerprint density at radius 3 is 2.74 bits per heavy atom. The highest BCUT2D eigenvalue weighted by Gasteiger charge is 2.27. The average Bonchev–Trinajstić information content (AvgIpc) is 2.78. The Balaban J connectivity index is 2.14. The number of hydrogen-bond acceptors (Lipinski definition) is 3. The zero-order valence-corrected chi connectivity index (χ0v) is 10.5. The molecule has 3 amide bonds. The van der Waals surface area contributed by atoms with Crippen molar-refractivity contribution in [2.24, 2.45) is 5.73 Å². The van der Waals surface area contributed by atoms with E-state index in [1.165, 1.54) is 6.07 Å². The monoisotopic (exact) mass is 261 g/mol. The van der Waals surface area contributed by atoms with Crippen LogP contribution in [0.2, 0.25) is 0 Å². The molecule has 1 atom stereocenters. The summed E-state index contributed by atoms with van der Waals surface area (Å²) in [5.41, 5.74) is 6.88. The summed E-state index contributed by atoms with van der Waals surface area (Å²) < 4.78 is 0. The van der Waals surface area contributed by atoms with Crippen molar-refractivity contribution < 1.29 is 14.4 Å². The minimum Gasteiger partial charge on any atom is -0.366 e. The molecule has 1 aliphatic rings. The molecule has 0 spiro atoms. The highest BCUT2D eigenvalue weighted by molar-refractivity contribution is 6.01. The third kappa shape index (κ3) is 2.90. The molecule has 1 aromatic rings. The summed E-state index contributed by atoms with van der Waals surface area (Å²) in [6.07, 6.45) is 0.845. The van der Waals surface area contributed by atoms with Gasteiger partial charge in [-0.05, 0) is 31.0 Å². The van der Waals surface area contributed by atoms with Gasteiger partial charge in [-0.1, -0.05) is 6.07 Å². The molecule has 1 saturated heterocycles. The lowest BCUT2D eigenvalue weighted by Gasteiger charge is -2.13. The average molecular weight is 261 g/mol. The van der Waals surface area contributed by atoms with E-state index in [1.54, 1.807) is 12.1 Å². The van der Waals surface area contributed by atoms with Gasteiger partial charge < -0.3 is 16.4 Å². The van der Waals surface area contributed by atoms with Gasteiger partial charge in [-0.25, -0.2) is 0 Å². The van der Waals surface area contributed by atoms with E-state index in [-0.39, 0.29) is 11.8 Å². The second-order valence-corrected chi connectivity index (χ2v) is 4.54. The highest BCUT2D eigenvalue weighted by atomic mass is 16.2. The summed E-state index contributed by atoms with van der Waals surface area (Å²) in [4.78, 5) is 34.1. The first-order chi connectivity index (χ1) is 8.97. The molecule has 100 valence electrons. The van der Waals surface area contributed by atoms with Crippen molar-refractivity contribution in [3.8, 4) is 0 Å². The Labute approximate surface area is 110 Å². The second kappa shape index (κ2) is 5.09. The van der Waals surface area contributed by atoms with Crippen LogP contribution in [0.4, 0.5) is 5.69 Å². The van der Waals surface area contributed by atoms with E-state index in [0.29, 0.717) is 24.1 Å². The number of nitrogens with two attached hydrogens (primary N) is 1. The molecule has 1 heterocycles. The molecule has 1 aromatic carbocycles. The van der Waals surface area contributed by atoms with Gasteiger partial charge in [-0.3, -0.25) is 14.4 Å². The summed E-state index contributed by atoms with van der Waals surface area (Å²) in [6, 6.07) is 4.34. The molecule has 1 unspecified atom stereocenters. The summed E-state index contributed by atoms with van der Waals surface area (Å²) in [5, 5.41) is 5.29. The molecule has 0 radical (unpaired) electrons. The first kappa shape index (κ1) is 13.1. The standard InChI is InChI=1S/C13H15N3O3/c1-7-2-3-8(12(14)18)6-10(7)16-13(19)9-4-5-11(17)15-9/h2-3,6,9H,4-5H2,1H3,(H2,14,18)(H,15,17)(H,16,19). The Kier molecular flexibility index (Phi) is 3.50. The minimum absolute atomic E-state index is 0.122. The number of hydrogen-bond donors (Lipinski definition) is 3. The van der Waals surface area contributed by atoms with Crippen LogP contribution in [0, 0.1) is 6.92 Å². The van der Waals surface area contributed by atoms with Crippen molar-refractivity contribution >= 4 is 23.4 Å². The molecule has 4 N–H and O–H groups in total. The lowest BCUT2D eigenvalue weighted by Crippen LogP contribution is -2.37. The van der Waals surface area contributed by atoms with E-state index in [9.17, 15) is 14.4 Å². The van der Waals surface area contributed by atoms with E-state index in [1.807, 2.05) is 6.92 Å². The first-order valence-corrected chi connectivity index (χ1v) is 5.98. The zero-order chi connectivity index (χ0) is 14.0. The van der Waals surface area contributed by atoms with Crippen molar-refractivity contribution in [2.45, 2.75) is 25.8 Å². The fraction of sp³-hybridized carbons (Fsp3) is 0.308. The Morgan fingerprint density at radius 2 is 2.16 bits per heavy atom. The van der Waals surface area contributed by atoms with Gasteiger partial charge in [-0.2, -0.15) is 0 Å². The van der Waals surface area contributed by atoms with Crippen molar-refractivity contribution in [3.63, 3.8) is 0 Å². The fourth-order valence-electron chi connectivity index (χ4n) is 1.94. The quantitative estimate of drug-likeness (QED) is 0.729. The molecule has 19 heavy (non-hydrogen) atoms. The molecular weight excluding hydrogens is 246 g/mol. The van der Waals surface area contributed by atoms with E-state index >= 15 is 0 Å². The van der Waals surface area contributed by atoms with E-state index in [4.69, 9.17) is 5.73 Å². The number of carbonyl (C=O) groups excluding carboxylic acids is 3. The molecular formula is C13H15N3O3. The van der Waals surface area contributed by atoms with Crippen molar-refractivity contribution in [1.29, 1.82) is 0 Å². The topological polar surface area (TPSA) is 101 Å². The number of primary amides is 1. The van der Waals surface area contributed by atoms with Crippen molar-refractivity contribution in [2.75, 3.05) is 5.32 Å². The maximum Gasteiger partial charge on any atom is 0.248 e. The van der Waals surface area contributed by atoms with Gasteiger partial charge in [0.25, 0.3) is 0 Å². The normalized spacial score (nSPS) is 17.9. The third-order valence-corrected chi connectivity index (χ3v) is 3.09. The van der Waals surface area contributed by atoms with Crippen LogP contribution in [-0.2, 0) is 9.59 Å². The summed E-state index contributed by atoms with van der Waals surface area (Å²) >= 11 is 0. The Bertz CT molecular complexity index is 554. The van der Waals surface area contributed by atoms with Gasteiger partial charge in [0.05, 0.1) is 0 Å². The lowest BCUT2D eigenvalue weighted by molar-refractivity contribution is -0.122. The number of amides is 3. The van der Waals surface area contributed by atoms with E-state index < -0.39 is 11.9 Å². The van der Waals surface area contributed by atoms with Crippen LogP contribution in [0.3, 0.4) is 0 Å². The maximum absolute atomic E-state index is 12.0. The Hall–Kier alpha value is -2.37. The largest absolute Gasteiger partial charge is 0.366 e. The summed E-state index contributed by atoms with van der Waals surface area (Å²) in [5.74, 6) is -0.956. The number of benzene rings is 1. The smallest absolute Gasteiger partial charge is 0.248 e. The molecule has 2 rings (SSSR count). The molecule has 0 bridgehead atoms. The van der Waals surface area contributed by atoms with Gasteiger partial charge in [0.1, 0.15) is 6.04 Å². The molecule has 6 heteroatoms. The van der Waals surface area contributed by atoms with Crippen LogP contribution in [-0.4, -0.2) is 23.8 Å². The second-order valence-electron chi connectivity index (χ2n) is 4.54. The van der Waals surface area contributed by atoms with Crippen LogP contribution >= 0.6 is 0 Å². The fourth-order valence-corrected chi connectivity index (χ4v) is 1.94. The van der Waals surface area contributed by atoms with Gasteiger partial charge in [0, 0.05) is 17.7 Å². The zero-order valence-electron chi connectivity index (χ0n) is 10.5. The molecule has 6 nitrogen and oxygen atoms in total. The molecule has 1 aliphatic heterocycles. The highest BCUT2D eigenvalue weighted by Crippen LogP contribution is 2.18. The maximum atomic E-state index is 12.0. The van der Waals surface area contributed by atoms with E-state index in [2.05, 4.69) is 10.6 Å². The third-order valence-electron chi connectivity index (χ3n) is 3.09. The van der Waals surface area contributed by atoms with E-state index in [0.717, 1.165) is 5.56 Å². The van der Waals surface area contributed by atoms with Gasteiger partial charge in [0.15, 0.2) is 0 Å². The number of aryl methyl sites for hydroxylation is 1. The Morgan fingerprint density at radius 1 is 1.42 bits per heavy atom. The number of rotatable bonds is 3. The summed E-state index contributed by atoms with van der Waals surface area (Å²) in [6.45, 7) is 1.81. The molecule has 0 aliphatic carbocycles. The lowest BCUT2D eigenvalue weighted by atomic mass is 10.1. The molecule has 0 aromatic heterocycles. The summed E-state index contributed by atoms with van der Waals surface area (Å²) in [7, 11) is 0. The van der Waals surface area contributed by atoms with Crippen LogP contribution in [0.1, 0.15) is 28.8 Å². The van der Waals surface area contributed by atoms with Crippen LogP contribution in [0.5, 0.6) is 0 Å². The van der Waals surface area contributed by atoms with Gasteiger partial charge >= 0.3 is 0 Å². The van der Waals surface area contributed by atoms with Gasteiger partial charge in [0.2, 0.25) is 17.7 Å². The van der Waals surface area contributed by atoms with Crippen LogP contribution in [0.25, 0.3) is 0 Å². The molecule has 1 fully saturated rings. The van der Waals surface area contributed by atoms with Gasteiger partial charge in [-0.15, -0.1) is 0 Å². The first-order valence-electron chi connectivity index (χ1n) is 5.98. The SMILES string of the molecule is Cc1ccc(C(N)=O)cc1NC(=O)C1CCC(=O)N1. The molecule has 0 saturated carbocycles. The minimum atomic E-state index is -0.551. The number of carbonyl (C=O) groups is 3. The van der Waals surface area contributed by atoms with Crippen molar-refractivity contribution in [3.05, 3.63) is 29.3 Å². The number of anilines is 1. The van der Waals surface area contributed by atoms with Crippen molar-refractivity contribution in [1.82, 2.24) is 5.32 Å². The number of nitrogens with one attached hydrogen (secondary N) is 2. The predicted octanol–water partition coefficient (Wildman–Crippen LogP) is 0.311. The van der Waals surface area contributed by atoms with Crippen LogP contribution in [0.15, 0.2) is 18.2 Å².